The first-order valence-electron chi connectivity index (χ1n) is 9.19. The fourth-order valence-corrected chi connectivity index (χ4v) is 3.30. The zero-order valence-corrected chi connectivity index (χ0v) is 15.1. The topological polar surface area (TPSA) is 52.0 Å². The van der Waals surface area contributed by atoms with Gasteiger partial charge in [0.05, 0.1) is 11.0 Å². The number of para-hydroxylation sites is 2. The van der Waals surface area contributed by atoms with E-state index in [2.05, 4.69) is 32.0 Å². The van der Waals surface area contributed by atoms with Crippen molar-refractivity contribution in [3.63, 3.8) is 0 Å². The van der Waals surface area contributed by atoms with E-state index in [1.807, 2.05) is 55.6 Å². The number of aryl methyl sites for hydroxylation is 1. The lowest BCUT2D eigenvalue weighted by molar-refractivity contribution is 0.456. The minimum atomic E-state index is 0.604. The van der Waals surface area contributed by atoms with Crippen molar-refractivity contribution in [2.24, 2.45) is 7.05 Å². The molecule has 1 aliphatic carbocycles. The van der Waals surface area contributed by atoms with E-state index >= 15 is 0 Å². The Kier molecular flexibility index (Phi) is 3.78. The first kappa shape index (κ1) is 15.9. The van der Waals surface area contributed by atoms with E-state index in [-0.39, 0.29) is 0 Å². The zero-order chi connectivity index (χ0) is 18.2. The quantitative estimate of drug-likeness (QED) is 0.521. The molecule has 0 aliphatic heterocycles. The molecule has 0 atom stereocenters. The van der Waals surface area contributed by atoms with E-state index in [4.69, 9.17) is 4.74 Å². The first-order chi connectivity index (χ1) is 13.3. The number of imidazole rings is 1. The molecule has 1 saturated carbocycles. The van der Waals surface area contributed by atoms with Crippen LogP contribution in [0.2, 0.25) is 0 Å². The number of fused-ring (bicyclic) bond motifs is 1. The van der Waals surface area contributed by atoms with Gasteiger partial charge in [-0.3, -0.25) is 0 Å². The number of rotatable bonds is 5. The lowest BCUT2D eigenvalue weighted by Gasteiger charge is -2.10. The Morgan fingerprint density at radius 1 is 1.00 bits per heavy atom. The van der Waals surface area contributed by atoms with Crippen LogP contribution < -0.4 is 10.1 Å². The van der Waals surface area contributed by atoms with Gasteiger partial charge in [0.2, 0.25) is 11.8 Å². The van der Waals surface area contributed by atoms with Gasteiger partial charge in [0.15, 0.2) is 0 Å². The van der Waals surface area contributed by atoms with Crippen molar-refractivity contribution in [2.45, 2.75) is 18.8 Å². The van der Waals surface area contributed by atoms with Crippen molar-refractivity contribution in [2.75, 3.05) is 5.32 Å². The van der Waals surface area contributed by atoms with E-state index in [0.717, 1.165) is 34.3 Å². The van der Waals surface area contributed by atoms with Crippen LogP contribution in [0.4, 0.5) is 11.6 Å². The molecule has 0 radical (unpaired) electrons. The second-order valence-electron chi connectivity index (χ2n) is 6.91. The highest BCUT2D eigenvalue weighted by molar-refractivity contribution is 5.79. The first-order valence-corrected chi connectivity index (χ1v) is 9.19. The van der Waals surface area contributed by atoms with Gasteiger partial charge in [-0.25, -0.2) is 9.97 Å². The Morgan fingerprint density at radius 3 is 2.59 bits per heavy atom. The van der Waals surface area contributed by atoms with E-state index < -0.39 is 0 Å². The summed E-state index contributed by atoms with van der Waals surface area (Å²) < 4.78 is 8.08. The van der Waals surface area contributed by atoms with Crippen LogP contribution in [0.25, 0.3) is 11.0 Å². The molecule has 0 unspecified atom stereocenters. The summed E-state index contributed by atoms with van der Waals surface area (Å²) in [6, 6.07) is 20.1. The number of aromatic nitrogens is 3. The van der Waals surface area contributed by atoms with Crippen LogP contribution in [0, 0.1) is 0 Å². The summed E-state index contributed by atoms with van der Waals surface area (Å²) in [6.45, 7) is 0. The summed E-state index contributed by atoms with van der Waals surface area (Å²) in [5, 5.41) is 3.37. The lowest BCUT2D eigenvalue weighted by Crippen LogP contribution is -1.99. The fourth-order valence-electron chi connectivity index (χ4n) is 3.30. The van der Waals surface area contributed by atoms with Crippen molar-refractivity contribution in [1.82, 2.24) is 14.5 Å². The number of hydrogen-bond donors (Lipinski definition) is 1. The van der Waals surface area contributed by atoms with Crippen LogP contribution in [0.15, 0.2) is 66.9 Å². The van der Waals surface area contributed by atoms with Crippen LogP contribution >= 0.6 is 0 Å². The van der Waals surface area contributed by atoms with Crippen LogP contribution in [0.5, 0.6) is 11.6 Å². The Labute approximate surface area is 157 Å². The third-order valence-corrected chi connectivity index (χ3v) is 4.93. The summed E-state index contributed by atoms with van der Waals surface area (Å²) in [6.07, 6.45) is 4.23. The summed E-state index contributed by atoms with van der Waals surface area (Å²) in [5.41, 5.74) is 4.25. The average molecular weight is 356 g/mol. The maximum absolute atomic E-state index is 6.03. The summed E-state index contributed by atoms with van der Waals surface area (Å²) in [5.74, 6) is 2.92. The fraction of sp³-hybridized carbons (Fsp3) is 0.182. The molecule has 0 saturated heterocycles. The number of nitrogens with zero attached hydrogens (tertiary/aromatic N) is 3. The maximum Gasteiger partial charge on any atom is 0.222 e. The van der Waals surface area contributed by atoms with Crippen molar-refractivity contribution >= 4 is 22.7 Å². The summed E-state index contributed by atoms with van der Waals surface area (Å²) >= 11 is 0. The second kappa shape index (κ2) is 6.43. The zero-order valence-electron chi connectivity index (χ0n) is 15.1. The molecule has 2 aromatic heterocycles. The standard InChI is InChI=1S/C22H20N4O/c1-26-20-7-3-2-6-19(20)25-22(26)24-16-10-12-17(13-11-16)27-21-18(15-8-9-15)5-4-14-23-21/h2-7,10-15H,8-9H2,1H3,(H,24,25). The lowest BCUT2D eigenvalue weighted by atomic mass is 10.2. The normalized spacial score (nSPS) is 13.7. The Balaban J connectivity index is 1.35. The molecular formula is C22H20N4O. The molecule has 134 valence electrons. The van der Waals surface area contributed by atoms with Gasteiger partial charge in [-0.15, -0.1) is 0 Å². The molecule has 1 N–H and O–H groups in total. The number of benzene rings is 2. The van der Waals surface area contributed by atoms with Gasteiger partial charge in [-0.05, 0) is 61.2 Å². The molecule has 5 heteroatoms. The second-order valence-corrected chi connectivity index (χ2v) is 6.91. The number of ether oxygens (including phenoxy) is 1. The van der Waals surface area contributed by atoms with Gasteiger partial charge < -0.3 is 14.6 Å². The molecular weight excluding hydrogens is 336 g/mol. The van der Waals surface area contributed by atoms with E-state index in [1.54, 1.807) is 6.20 Å². The smallest absolute Gasteiger partial charge is 0.222 e. The molecule has 5 nitrogen and oxygen atoms in total. The molecule has 0 amide bonds. The molecule has 5 rings (SSSR count). The van der Waals surface area contributed by atoms with Crippen LogP contribution in [-0.4, -0.2) is 14.5 Å². The minimum absolute atomic E-state index is 0.604. The van der Waals surface area contributed by atoms with Gasteiger partial charge in [0.1, 0.15) is 5.75 Å². The Bertz CT molecular complexity index is 1100. The van der Waals surface area contributed by atoms with Crippen molar-refractivity contribution in [3.05, 3.63) is 72.4 Å². The van der Waals surface area contributed by atoms with E-state index in [1.165, 1.54) is 18.4 Å². The van der Waals surface area contributed by atoms with Gasteiger partial charge >= 0.3 is 0 Å². The predicted octanol–water partition coefficient (Wildman–Crippen LogP) is 5.38. The van der Waals surface area contributed by atoms with Crippen LogP contribution in [0.1, 0.15) is 24.3 Å². The van der Waals surface area contributed by atoms with Crippen molar-refractivity contribution in [1.29, 1.82) is 0 Å². The Morgan fingerprint density at radius 2 is 1.81 bits per heavy atom. The minimum Gasteiger partial charge on any atom is -0.439 e. The highest BCUT2D eigenvalue weighted by Gasteiger charge is 2.27. The SMILES string of the molecule is Cn1c(Nc2ccc(Oc3ncccc3C3CC3)cc2)nc2ccccc21. The van der Waals surface area contributed by atoms with E-state index in [0.29, 0.717) is 5.92 Å². The van der Waals surface area contributed by atoms with Gasteiger partial charge in [-0.2, -0.15) is 0 Å². The van der Waals surface area contributed by atoms with Gasteiger partial charge in [0.25, 0.3) is 0 Å². The molecule has 2 aromatic carbocycles. The molecule has 27 heavy (non-hydrogen) atoms. The maximum atomic E-state index is 6.03. The predicted molar refractivity (Wildman–Crippen MR) is 107 cm³/mol. The molecule has 4 aromatic rings. The monoisotopic (exact) mass is 356 g/mol. The molecule has 1 fully saturated rings. The molecule has 2 heterocycles. The number of pyridine rings is 1. The summed E-state index contributed by atoms with van der Waals surface area (Å²) in [4.78, 5) is 9.06. The third kappa shape index (κ3) is 3.12. The van der Waals surface area contributed by atoms with Crippen molar-refractivity contribution in [3.8, 4) is 11.6 Å². The third-order valence-electron chi connectivity index (χ3n) is 4.93. The highest BCUT2D eigenvalue weighted by Crippen LogP contribution is 2.44. The number of hydrogen-bond acceptors (Lipinski definition) is 4. The highest BCUT2D eigenvalue weighted by atomic mass is 16.5. The van der Waals surface area contributed by atoms with Gasteiger partial charge in [-0.1, -0.05) is 18.2 Å². The Hall–Kier alpha value is -3.34. The van der Waals surface area contributed by atoms with Crippen LogP contribution in [-0.2, 0) is 7.05 Å². The average Bonchev–Trinajstić information content (AvgIpc) is 3.50. The summed E-state index contributed by atoms with van der Waals surface area (Å²) in [7, 11) is 2.01. The molecule has 0 spiro atoms. The van der Waals surface area contributed by atoms with Crippen LogP contribution in [0.3, 0.4) is 0 Å². The van der Waals surface area contributed by atoms with Crippen molar-refractivity contribution < 1.29 is 4.74 Å². The molecule has 0 bridgehead atoms. The number of anilines is 2. The number of nitrogens with one attached hydrogen (secondary N) is 1. The van der Waals surface area contributed by atoms with E-state index in [9.17, 15) is 0 Å². The van der Waals surface area contributed by atoms with Gasteiger partial charge in [0, 0.05) is 24.5 Å². The molecule has 1 aliphatic rings. The largest absolute Gasteiger partial charge is 0.439 e.